The lowest BCUT2D eigenvalue weighted by molar-refractivity contribution is -0.143. The smallest absolute Gasteiger partial charge is 0.305 e. The quantitative estimate of drug-likeness (QED) is 0.276. The van der Waals surface area contributed by atoms with Crippen molar-refractivity contribution in [1.82, 2.24) is 10.6 Å². The Bertz CT molecular complexity index is 255. The number of esters is 1. The molecule has 112 valence electrons. The highest BCUT2D eigenvalue weighted by molar-refractivity contribution is 5.79. The highest BCUT2D eigenvalue weighted by Crippen LogP contribution is 2.03. The average molecular weight is 271 g/mol. The van der Waals surface area contributed by atoms with Gasteiger partial charge in [-0.05, 0) is 26.2 Å². The van der Waals surface area contributed by atoms with E-state index in [4.69, 9.17) is 4.74 Å². The summed E-state index contributed by atoms with van der Waals surface area (Å²) in [5.74, 6) is 0.790. The minimum atomic E-state index is -0.0789. The summed E-state index contributed by atoms with van der Waals surface area (Å²) in [6.45, 7) is 6.31. The van der Waals surface area contributed by atoms with Gasteiger partial charge in [0.05, 0.1) is 6.61 Å². The van der Waals surface area contributed by atoms with E-state index in [2.05, 4.69) is 22.5 Å². The molecule has 0 heterocycles. The van der Waals surface area contributed by atoms with Gasteiger partial charge in [-0.25, -0.2) is 0 Å². The van der Waals surface area contributed by atoms with Crippen LogP contribution in [0.1, 0.15) is 52.4 Å². The fourth-order valence-electron chi connectivity index (χ4n) is 1.65. The Balaban J connectivity index is 3.37. The zero-order chi connectivity index (χ0) is 14.3. The number of nitrogens with one attached hydrogen (secondary N) is 2. The van der Waals surface area contributed by atoms with Crippen LogP contribution in [0, 0.1) is 0 Å². The minimum Gasteiger partial charge on any atom is -0.466 e. The number of hydrogen-bond acceptors (Lipinski definition) is 3. The van der Waals surface area contributed by atoms with Gasteiger partial charge in [0, 0.05) is 26.6 Å². The highest BCUT2D eigenvalue weighted by Gasteiger charge is 2.00. The van der Waals surface area contributed by atoms with Gasteiger partial charge in [0.25, 0.3) is 0 Å². The molecule has 0 aliphatic rings. The molecule has 0 unspecified atom stereocenters. The summed E-state index contributed by atoms with van der Waals surface area (Å²) < 4.78 is 4.88. The molecule has 5 heteroatoms. The van der Waals surface area contributed by atoms with Crippen molar-refractivity contribution in [2.24, 2.45) is 4.99 Å². The monoisotopic (exact) mass is 271 g/mol. The molecule has 19 heavy (non-hydrogen) atoms. The lowest BCUT2D eigenvalue weighted by Gasteiger charge is -2.10. The second-order valence-corrected chi connectivity index (χ2v) is 4.40. The Hall–Kier alpha value is -1.26. The van der Waals surface area contributed by atoms with Crippen molar-refractivity contribution >= 4 is 11.9 Å². The van der Waals surface area contributed by atoms with Gasteiger partial charge in [0.2, 0.25) is 0 Å². The third-order valence-electron chi connectivity index (χ3n) is 2.67. The van der Waals surface area contributed by atoms with E-state index >= 15 is 0 Å². The van der Waals surface area contributed by atoms with Crippen molar-refractivity contribution in [2.75, 3.05) is 26.7 Å². The molecular formula is C14H29N3O2. The topological polar surface area (TPSA) is 62.7 Å². The molecule has 0 aromatic rings. The third-order valence-corrected chi connectivity index (χ3v) is 2.67. The Morgan fingerprint density at radius 3 is 2.37 bits per heavy atom. The van der Waals surface area contributed by atoms with E-state index in [-0.39, 0.29) is 5.97 Å². The number of aliphatic imine (C=N–C) groups is 1. The summed E-state index contributed by atoms with van der Waals surface area (Å²) in [5, 5.41) is 6.50. The van der Waals surface area contributed by atoms with E-state index < -0.39 is 0 Å². The number of ether oxygens (including phenoxy) is 1. The molecule has 0 bridgehead atoms. The number of nitrogens with zero attached hydrogens (tertiary/aromatic N) is 1. The van der Waals surface area contributed by atoms with E-state index in [1.165, 1.54) is 0 Å². The number of hydrogen-bond donors (Lipinski definition) is 2. The van der Waals surface area contributed by atoms with Crippen molar-refractivity contribution < 1.29 is 9.53 Å². The van der Waals surface area contributed by atoms with Crippen LogP contribution in [0.2, 0.25) is 0 Å². The predicted molar refractivity (Wildman–Crippen MR) is 79.4 cm³/mol. The van der Waals surface area contributed by atoms with Gasteiger partial charge >= 0.3 is 5.97 Å². The Kier molecular flexibility index (Phi) is 12.3. The molecular weight excluding hydrogens is 242 g/mol. The Morgan fingerprint density at radius 2 is 1.74 bits per heavy atom. The van der Waals surface area contributed by atoms with Crippen molar-refractivity contribution in [3.8, 4) is 0 Å². The molecule has 0 saturated carbocycles. The molecule has 0 saturated heterocycles. The third kappa shape index (κ3) is 11.6. The number of carbonyl (C=O) groups is 1. The van der Waals surface area contributed by atoms with Crippen LogP contribution < -0.4 is 10.6 Å². The molecule has 0 radical (unpaired) electrons. The van der Waals surface area contributed by atoms with Crippen LogP contribution in [0.4, 0.5) is 0 Å². The van der Waals surface area contributed by atoms with E-state index in [0.717, 1.165) is 51.2 Å². The highest BCUT2D eigenvalue weighted by atomic mass is 16.5. The molecule has 0 fully saturated rings. The average Bonchev–Trinajstić information content (AvgIpc) is 2.41. The molecule has 0 aromatic carbocycles. The summed E-state index contributed by atoms with van der Waals surface area (Å²) in [5.41, 5.74) is 0. The van der Waals surface area contributed by atoms with E-state index in [0.29, 0.717) is 13.0 Å². The van der Waals surface area contributed by atoms with Gasteiger partial charge in [0.1, 0.15) is 0 Å². The maximum absolute atomic E-state index is 11.1. The van der Waals surface area contributed by atoms with Crippen molar-refractivity contribution in [3.63, 3.8) is 0 Å². The van der Waals surface area contributed by atoms with Crippen molar-refractivity contribution in [3.05, 3.63) is 0 Å². The van der Waals surface area contributed by atoms with Crippen LogP contribution in [-0.2, 0) is 9.53 Å². The number of rotatable bonds is 10. The summed E-state index contributed by atoms with van der Waals surface area (Å²) in [7, 11) is 1.78. The lowest BCUT2D eigenvalue weighted by atomic mass is 10.1. The lowest BCUT2D eigenvalue weighted by Crippen LogP contribution is -2.38. The Labute approximate surface area is 117 Å². The molecule has 0 aromatic heterocycles. The second kappa shape index (κ2) is 13.2. The first-order chi connectivity index (χ1) is 9.24. The molecule has 0 aliphatic heterocycles. The molecule has 0 rings (SSSR count). The van der Waals surface area contributed by atoms with Gasteiger partial charge in [0.15, 0.2) is 5.96 Å². The fraction of sp³-hybridized carbons (Fsp3) is 0.857. The van der Waals surface area contributed by atoms with Gasteiger partial charge in [-0.3, -0.25) is 9.79 Å². The molecule has 0 amide bonds. The summed E-state index contributed by atoms with van der Waals surface area (Å²) in [6, 6.07) is 0. The number of carbonyl (C=O) groups excluding carboxylic acids is 1. The molecule has 0 spiro atoms. The van der Waals surface area contributed by atoms with Gasteiger partial charge in [-0.1, -0.05) is 19.8 Å². The van der Waals surface area contributed by atoms with Crippen LogP contribution in [0.15, 0.2) is 4.99 Å². The number of unbranched alkanes of at least 4 members (excludes halogenated alkanes) is 3. The first-order valence-corrected chi connectivity index (χ1v) is 7.34. The van der Waals surface area contributed by atoms with Crippen molar-refractivity contribution in [1.29, 1.82) is 0 Å². The van der Waals surface area contributed by atoms with Crippen LogP contribution in [0.5, 0.6) is 0 Å². The molecule has 0 atom stereocenters. The minimum absolute atomic E-state index is 0.0789. The molecule has 0 aliphatic carbocycles. The zero-order valence-corrected chi connectivity index (χ0v) is 12.6. The van der Waals surface area contributed by atoms with Gasteiger partial charge in [-0.15, -0.1) is 0 Å². The SMILES string of the molecule is CCCNC(=NC)NCCCCCCC(=O)OCC. The summed E-state index contributed by atoms with van der Waals surface area (Å²) in [6.07, 6.45) is 5.84. The van der Waals surface area contributed by atoms with Crippen LogP contribution in [0.3, 0.4) is 0 Å². The summed E-state index contributed by atoms with van der Waals surface area (Å²) in [4.78, 5) is 15.2. The predicted octanol–water partition coefficient (Wildman–Crippen LogP) is 2.07. The van der Waals surface area contributed by atoms with Gasteiger partial charge in [-0.2, -0.15) is 0 Å². The van der Waals surface area contributed by atoms with Gasteiger partial charge < -0.3 is 15.4 Å². The van der Waals surface area contributed by atoms with E-state index in [1.54, 1.807) is 7.05 Å². The maximum Gasteiger partial charge on any atom is 0.305 e. The Morgan fingerprint density at radius 1 is 1.05 bits per heavy atom. The van der Waals surface area contributed by atoms with Crippen LogP contribution in [-0.4, -0.2) is 38.7 Å². The zero-order valence-electron chi connectivity index (χ0n) is 12.6. The fourth-order valence-corrected chi connectivity index (χ4v) is 1.65. The summed E-state index contributed by atoms with van der Waals surface area (Å²) >= 11 is 0. The number of guanidine groups is 1. The van der Waals surface area contributed by atoms with E-state index in [1.807, 2.05) is 6.92 Å². The van der Waals surface area contributed by atoms with E-state index in [9.17, 15) is 4.79 Å². The van der Waals surface area contributed by atoms with Crippen molar-refractivity contribution in [2.45, 2.75) is 52.4 Å². The molecule has 5 nitrogen and oxygen atoms in total. The normalized spacial score (nSPS) is 11.2. The first kappa shape index (κ1) is 17.7. The van der Waals surface area contributed by atoms with Crippen LogP contribution >= 0.6 is 0 Å². The largest absolute Gasteiger partial charge is 0.466 e. The second-order valence-electron chi connectivity index (χ2n) is 4.40. The maximum atomic E-state index is 11.1. The molecule has 2 N–H and O–H groups in total. The van der Waals surface area contributed by atoms with Crippen LogP contribution in [0.25, 0.3) is 0 Å². The standard InChI is InChI=1S/C14H29N3O2/c1-4-11-16-14(15-3)17-12-9-7-6-8-10-13(18)19-5-2/h4-12H2,1-3H3,(H2,15,16,17). The first-order valence-electron chi connectivity index (χ1n) is 7.34.